The Bertz CT molecular complexity index is 378. The molecule has 1 saturated heterocycles. The van der Waals surface area contributed by atoms with E-state index in [2.05, 4.69) is 37.2 Å². The van der Waals surface area contributed by atoms with Gasteiger partial charge in [0.2, 0.25) is 0 Å². The maximum atomic E-state index is 9.91. The van der Waals surface area contributed by atoms with E-state index in [0.29, 0.717) is 10.2 Å². The first kappa shape index (κ1) is 12.4. The largest absolute Gasteiger partial charge is 0.506 e. The van der Waals surface area contributed by atoms with Gasteiger partial charge in [0.05, 0.1) is 17.2 Å². The zero-order valence-corrected chi connectivity index (χ0v) is 11.8. The standard InChI is InChI=1S/C11H13Br2NO2/c12-8-3-7(11(15)10(13)5-8)4-9-6-14-1-2-16-9/h3,5,9,14-15H,1-2,4,6H2/t9-/m1/s1. The Morgan fingerprint density at radius 2 is 2.25 bits per heavy atom. The molecule has 0 saturated carbocycles. The van der Waals surface area contributed by atoms with Gasteiger partial charge in [0, 0.05) is 24.0 Å². The molecule has 1 heterocycles. The quantitative estimate of drug-likeness (QED) is 0.860. The fraction of sp³-hybridized carbons (Fsp3) is 0.455. The number of phenols is 1. The van der Waals surface area contributed by atoms with E-state index in [1.807, 2.05) is 12.1 Å². The number of nitrogens with one attached hydrogen (secondary N) is 1. The van der Waals surface area contributed by atoms with E-state index in [4.69, 9.17) is 4.74 Å². The van der Waals surface area contributed by atoms with E-state index in [1.54, 1.807) is 0 Å². The van der Waals surface area contributed by atoms with Crippen molar-refractivity contribution >= 4 is 31.9 Å². The summed E-state index contributed by atoms with van der Waals surface area (Å²) in [7, 11) is 0. The molecule has 1 fully saturated rings. The number of halogens is 2. The molecule has 3 nitrogen and oxygen atoms in total. The minimum Gasteiger partial charge on any atom is -0.506 e. The SMILES string of the molecule is Oc1c(Br)cc(Br)cc1C[C@@H]1CNCCO1. The second-order valence-corrected chi connectivity index (χ2v) is 5.57. The van der Waals surface area contributed by atoms with Gasteiger partial charge in [0.25, 0.3) is 0 Å². The predicted octanol–water partition coefficient (Wildman–Crippen LogP) is 2.45. The van der Waals surface area contributed by atoms with Gasteiger partial charge in [-0.15, -0.1) is 0 Å². The summed E-state index contributed by atoms with van der Waals surface area (Å²) in [5.74, 6) is 0.303. The normalized spacial score (nSPS) is 21.0. The average Bonchev–Trinajstić information content (AvgIpc) is 2.27. The van der Waals surface area contributed by atoms with Crippen molar-refractivity contribution in [1.82, 2.24) is 5.32 Å². The number of hydrogen-bond donors (Lipinski definition) is 2. The van der Waals surface area contributed by atoms with Crippen molar-refractivity contribution in [2.45, 2.75) is 12.5 Å². The number of benzene rings is 1. The van der Waals surface area contributed by atoms with Gasteiger partial charge in [-0.25, -0.2) is 0 Å². The molecule has 0 unspecified atom stereocenters. The van der Waals surface area contributed by atoms with Crippen LogP contribution in [0.3, 0.4) is 0 Å². The number of aromatic hydroxyl groups is 1. The monoisotopic (exact) mass is 349 g/mol. The van der Waals surface area contributed by atoms with Crippen LogP contribution >= 0.6 is 31.9 Å². The summed E-state index contributed by atoms with van der Waals surface area (Å²) in [5.41, 5.74) is 0.898. The van der Waals surface area contributed by atoms with Crippen LogP contribution in [0.5, 0.6) is 5.75 Å². The lowest BCUT2D eigenvalue weighted by Gasteiger charge is -2.24. The fourth-order valence-corrected chi connectivity index (χ4v) is 3.08. The highest BCUT2D eigenvalue weighted by atomic mass is 79.9. The lowest BCUT2D eigenvalue weighted by molar-refractivity contribution is 0.0289. The molecule has 1 aromatic carbocycles. The van der Waals surface area contributed by atoms with Crippen molar-refractivity contribution < 1.29 is 9.84 Å². The highest BCUT2D eigenvalue weighted by Crippen LogP contribution is 2.32. The van der Waals surface area contributed by atoms with Gasteiger partial charge < -0.3 is 15.2 Å². The minimum absolute atomic E-state index is 0.140. The average molecular weight is 351 g/mol. The van der Waals surface area contributed by atoms with Crippen LogP contribution < -0.4 is 5.32 Å². The molecule has 1 atom stereocenters. The van der Waals surface area contributed by atoms with Crippen LogP contribution in [0.15, 0.2) is 21.1 Å². The maximum absolute atomic E-state index is 9.91. The van der Waals surface area contributed by atoms with Crippen LogP contribution in [0.4, 0.5) is 0 Å². The summed E-state index contributed by atoms with van der Waals surface area (Å²) in [5, 5.41) is 13.2. The first-order valence-corrected chi connectivity index (χ1v) is 6.74. The number of hydrogen-bond acceptors (Lipinski definition) is 3. The molecular weight excluding hydrogens is 338 g/mol. The molecule has 88 valence electrons. The zero-order chi connectivity index (χ0) is 11.5. The molecule has 0 aliphatic carbocycles. The molecule has 2 rings (SSSR count). The van der Waals surface area contributed by atoms with E-state index in [-0.39, 0.29) is 6.10 Å². The third-order valence-electron chi connectivity index (χ3n) is 2.56. The van der Waals surface area contributed by atoms with Gasteiger partial charge in [0.15, 0.2) is 0 Å². The van der Waals surface area contributed by atoms with Crippen molar-refractivity contribution in [2.75, 3.05) is 19.7 Å². The topological polar surface area (TPSA) is 41.5 Å². The number of rotatable bonds is 2. The Balaban J connectivity index is 2.13. The van der Waals surface area contributed by atoms with E-state index in [0.717, 1.165) is 36.2 Å². The van der Waals surface area contributed by atoms with E-state index < -0.39 is 0 Å². The number of ether oxygens (including phenoxy) is 1. The first-order valence-electron chi connectivity index (χ1n) is 5.16. The molecule has 0 aromatic heterocycles. The van der Waals surface area contributed by atoms with Gasteiger partial charge in [0.1, 0.15) is 5.75 Å². The molecule has 0 amide bonds. The molecule has 0 bridgehead atoms. The predicted molar refractivity (Wildman–Crippen MR) is 69.8 cm³/mol. The Hall–Kier alpha value is -0.100. The van der Waals surface area contributed by atoms with E-state index >= 15 is 0 Å². The highest BCUT2D eigenvalue weighted by molar-refractivity contribution is 9.11. The summed E-state index contributed by atoms with van der Waals surface area (Å²) in [6.07, 6.45) is 0.859. The molecule has 0 spiro atoms. The van der Waals surface area contributed by atoms with Crippen LogP contribution in [0.2, 0.25) is 0 Å². The second-order valence-electron chi connectivity index (χ2n) is 3.80. The molecular formula is C11H13Br2NO2. The van der Waals surface area contributed by atoms with E-state index in [1.165, 1.54) is 0 Å². The Morgan fingerprint density at radius 3 is 2.94 bits per heavy atom. The van der Waals surface area contributed by atoms with Crippen molar-refractivity contribution in [2.24, 2.45) is 0 Å². The van der Waals surface area contributed by atoms with E-state index in [9.17, 15) is 5.11 Å². The van der Waals surface area contributed by atoms with Gasteiger partial charge in [-0.05, 0) is 33.6 Å². The lowest BCUT2D eigenvalue weighted by Crippen LogP contribution is -2.39. The summed E-state index contributed by atoms with van der Waals surface area (Å²) in [6, 6.07) is 3.76. The van der Waals surface area contributed by atoms with Crippen molar-refractivity contribution in [3.63, 3.8) is 0 Å². The third kappa shape index (κ3) is 2.97. The Kier molecular flexibility index (Phi) is 4.24. The number of phenolic OH excluding ortho intramolecular Hbond substituents is 1. The summed E-state index contributed by atoms with van der Waals surface area (Å²) < 4.78 is 7.28. The zero-order valence-electron chi connectivity index (χ0n) is 8.67. The first-order chi connectivity index (χ1) is 7.66. The number of morpholine rings is 1. The Labute approximate surface area is 111 Å². The third-order valence-corrected chi connectivity index (χ3v) is 3.62. The molecule has 2 N–H and O–H groups in total. The van der Waals surface area contributed by atoms with Gasteiger partial charge in [-0.1, -0.05) is 15.9 Å². The van der Waals surface area contributed by atoms with Crippen molar-refractivity contribution in [1.29, 1.82) is 0 Å². The smallest absolute Gasteiger partial charge is 0.133 e. The lowest BCUT2D eigenvalue weighted by atomic mass is 10.1. The van der Waals surface area contributed by atoms with Gasteiger partial charge in [-0.3, -0.25) is 0 Å². The molecule has 1 aliphatic heterocycles. The van der Waals surface area contributed by atoms with Crippen LogP contribution in [0, 0.1) is 0 Å². The van der Waals surface area contributed by atoms with Crippen LogP contribution in [0.25, 0.3) is 0 Å². The molecule has 16 heavy (non-hydrogen) atoms. The van der Waals surface area contributed by atoms with Gasteiger partial charge >= 0.3 is 0 Å². The maximum Gasteiger partial charge on any atom is 0.133 e. The highest BCUT2D eigenvalue weighted by Gasteiger charge is 2.17. The molecule has 1 aromatic rings. The van der Waals surface area contributed by atoms with Crippen LogP contribution in [-0.2, 0) is 11.2 Å². The minimum atomic E-state index is 0.140. The summed E-state index contributed by atoms with van der Waals surface area (Å²) in [4.78, 5) is 0. The fourth-order valence-electron chi connectivity index (χ4n) is 1.77. The summed E-state index contributed by atoms with van der Waals surface area (Å²) >= 11 is 6.74. The Morgan fingerprint density at radius 1 is 1.44 bits per heavy atom. The van der Waals surface area contributed by atoms with Crippen LogP contribution in [0.1, 0.15) is 5.56 Å². The molecule has 1 aliphatic rings. The van der Waals surface area contributed by atoms with Gasteiger partial charge in [-0.2, -0.15) is 0 Å². The molecule has 0 radical (unpaired) electrons. The second kappa shape index (κ2) is 5.49. The van der Waals surface area contributed by atoms with Crippen LogP contribution in [-0.4, -0.2) is 30.9 Å². The van der Waals surface area contributed by atoms with Crippen molar-refractivity contribution in [3.05, 3.63) is 26.6 Å². The van der Waals surface area contributed by atoms with Crippen molar-refractivity contribution in [3.8, 4) is 5.75 Å². The molecule has 5 heteroatoms. The summed E-state index contributed by atoms with van der Waals surface area (Å²) in [6.45, 7) is 2.48.